The van der Waals surface area contributed by atoms with E-state index < -0.39 is 11.9 Å². The standard InChI is InChI=1S/C13H13FN4O2/c14-11-5-9(18-7-10(6-15)20-13(18)19)1-2-12(11)17-4-3-16-8-17/h1-5,8,10H,6-7,15H2/t10-/m0/s1. The molecule has 2 heterocycles. The van der Waals surface area contributed by atoms with Crippen molar-refractivity contribution in [3.8, 4) is 5.69 Å². The number of halogens is 1. The van der Waals surface area contributed by atoms with Gasteiger partial charge in [-0.15, -0.1) is 0 Å². The number of cyclic esters (lactones) is 1. The molecule has 7 heteroatoms. The van der Waals surface area contributed by atoms with Crippen molar-refractivity contribution in [3.63, 3.8) is 0 Å². The van der Waals surface area contributed by atoms with Crippen LogP contribution in [0.25, 0.3) is 5.69 Å². The van der Waals surface area contributed by atoms with E-state index in [-0.39, 0.29) is 12.6 Å². The molecule has 0 radical (unpaired) electrons. The summed E-state index contributed by atoms with van der Waals surface area (Å²) >= 11 is 0. The molecule has 20 heavy (non-hydrogen) atoms. The SMILES string of the molecule is NC[C@H]1CN(c2ccc(-n3ccnc3)c(F)c2)C(=O)O1. The van der Waals surface area contributed by atoms with E-state index in [0.717, 1.165) is 0 Å². The van der Waals surface area contributed by atoms with Crippen molar-refractivity contribution in [2.24, 2.45) is 5.73 Å². The van der Waals surface area contributed by atoms with Gasteiger partial charge in [0, 0.05) is 18.9 Å². The van der Waals surface area contributed by atoms with Crippen LogP contribution in [0.2, 0.25) is 0 Å². The highest BCUT2D eigenvalue weighted by molar-refractivity contribution is 5.89. The number of imidazole rings is 1. The lowest BCUT2D eigenvalue weighted by Gasteiger charge is -2.14. The van der Waals surface area contributed by atoms with E-state index in [1.807, 2.05) is 0 Å². The molecule has 1 fully saturated rings. The van der Waals surface area contributed by atoms with Crippen molar-refractivity contribution in [1.29, 1.82) is 0 Å². The average molecular weight is 276 g/mol. The summed E-state index contributed by atoms with van der Waals surface area (Å²) in [5.41, 5.74) is 6.29. The van der Waals surface area contributed by atoms with Crippen LogP contribution in [0.4, 0.5) is 14.9 Å². The van der Waals surface area contributed by atoms with Crippen LogP contribution >= 0.6 is 0 Å². The van der Waals surface area contributed by atoms with Gasteiger partial charge in [-0.3, -0.25) is 4.90 Å². The molecule has 0 unspecified atom stereocenters. The minimum Gasteiger partial charge on any atom is -0.443 e. The molecule has 3 rings (SSSR count). The van der Waals surface area contributed by atoms with Gasteiger partial charge in [0.1, 0.15) is 11.9 Å². The van der Waals surface area contributed by atoms with E-state index >= 15 is 0 Å². The summed E-state index contributed by atoms with van der Waals surface area (Å²) in [6.07, 6.45) is 3.87. The maximum atomic E-state index is 14.1. The number of hydrogen-bond acceptors (Lipinski definition) is 4. The summed E-state index contributed by atoms with van der Waals surface area (Å²) in [5.74, 6) is -0.440. The van der Waals surface area contributed by atoms with Crippen molar-refractivity contribution in [1.82, 2.24) is 9.55 Å². The fourth-order valence-corrected chi connectivity index (χ4v) is 2.13. The lowest BCUT2D eigenvalue weighted by Crippen LogP contribution is -2.27. The Morgan fingerprint density at radius 3 is 2.95 bits per heavy atom. The molecule has 1 aliphatic heterocycles. The van der Waals surface area contributed by atoms with Gasteiger partial charge in [-0.1, -0.05) is 0 Å². The Morgan fingerprint density at radius 2 is 2.35 bits per heavy atom. The molecule has 0 aliphatic carbocycles. The van der Waals surface area contributed by atoms with E-state index in [1.165, 1.54) is 17.3 Å². The van der Waals surface area contributed by atoms with Crippen molar-refractivity contribution >= 4 is 11.8 Å². The number of benzene rings is 1. The molecular formula is C13H13FN4O2. The maximum absolute atomic E-state index is 14.1. The first-order valence-electron chi connectivity index (χ1n) is 6.15. The number of carbonyl (C=O) groups is 1. The Balaban J connectivity index is 1.89. The van der Waals surface area contributed by atoms with Crippen LogP contribution in [-0.4, -0.2) is 34.8 Å². The Hall–Kier alpha value is -2.41. The number of ether oxygens (including phenoxy) is 1. The van der Waals surface area contributed by atoms with Gasteiger partial charge in [0.05, 0.1) is 24.2 Å². The third-order valence-electron chi connectivity index (χ3n) is 3.16. The highest BCUT2D eigenvalue weighted by Gasteiger charge is 2.31. The number of rotatable bonds is 3. The summed E-state index contributed by atoms with van der Waals surface area (Å²) in [7, 11) is 0. The predicted octanol–water partition coefficient (Wildman–Crippen LogP) is 1.30. The number of nitrogens with two attached hydrogens (primary N) is 1. The zero-order chi connectivity index (χ0) is 14.1. The van der Waals surface area contributed by atoms with E-state index in [2.05, 4.69) is 4.98 Å². The minimum absolute atomic E-state index is 0.248. The molecule has 0 bridgehead atoms. The van der Waals surface area contributed by atoms with Crippen molar-refractivity contribution in [2.45, 2.75) is 6.10 Å². The molecule has 1 aromatic carbocycles. The highest BCUT2D eigenvalue weighted by Crippen LogP contribution is 2.25. The van der Waals surface area contributed by atoms with Crippen LogP contribution in [0.3, 0.4) is 0 Å². The molecule has 104 valence electrons. The number of anilines is 1. The second kappa shape index (κ2) is 4.93. The molecule has 1 aromatic heterocycles. The normalized spacial score (nSPS) is 18.4. The fraction of sp³-hybridized carbons (Fsp3) is 0.231. The van der Waals surface area contributed by atoms with Crippen LogP contribution in [0, 0.1) is 5.82 Å². The van der Waals surface area contributed by atoms with E-state index in [0.29, 0.717) is 17.9 Å². The third kappa shape index (κ3) is 2.12. The van der Waals surface area contributed by atoms with E-state index in [9.17, 15) is 9.18 Å². The summed E-state index contributed by atoms with van der Waals surface area (Å²) in [6.45, 7) is 0.580. The fourth-order valence-electron chi connectivity index (χ4n) is 2.13. The average Bonchev–Trinajstić information content (AvgIpc) is 3.07. The first-order valence-corrected chi connectivity index (χ1v) is 6.15. The van der Waals surface area contributed by atoms with Gasteiger partial charge in [0.2, 0.25) is 0 Å². The Kier molecular flexibility index (Phi) is 3.11. The second-order valence-corrected chi connectivity index (χ2v) is 4.46. The van der Waals surface area contributed by atoms with E-state index in [1.54, 1.807) is 29.1 Å². The van der Waals surface area contributed by atoms with Crippen LogP contribution in [0.15, 0.2) is 36.9 Å². The highest BCUT2D eigenvalue weighted by atomic mass is 19.1. The van der Waals surface area contributed by atoms with Gasteiger partial charge < -0.3 is 15.0 Å². The number of carbonyl (C=O) groups excluding carboxylic acids is 1. The lowest BCUT2D eigenvalue weighted by atomic mass is 10.2. The van der Waals surface area contributed by atoms with Crippen LogP contribution < -0.4 is 10.6 Å². The minimum atomic E-state index is -0.504. The summed E-state index contributed by atoms with van der Waals surface area (Å²) in [5, 5.41) is 0. The monoisotopic (exact) mass is 276 g/mol. The van der Waals surface area contributed by atoms with Crippen LogP contribution in [0.5, 0.6) is 0 Å². The molecule has 6 nitrogen and oxygen atoms in total. The lowest BCUT2D eigenvalue weighted by molar-refractivity contribution is 0.145. The van der Waals surface area contributed by atoms with Gasteiger partial charge in [0.15, 0.2) is 0 Å². The molecule has 1 aliphatic rings. The number of amides is 1. The van der Waals surface area contributed by atoms with E-state index in [4.69, 9.17) is 10.5 Å². The van der Waals surface area contributed by atoms with Gasteiger partial charge in [-0.05, 0) is 18.2 Å². The Bertz CT molecular complexity index is 629. The molecule has 0 spiro atoms. The summed E-state index contributed by atoms with van der Waals surface area (Å²) in [6, 6.07) is 4.56. The van der Waals surface area contributed by atoms with Crippen molar-refractivity contribution in [3.05, 3.63) is 42.7 Å². The maximum Gasteiger partial charge on any atom is 0.414 e. The van der Waals surface area contributed by atoms with Crippen LogP contribution in [-0.2, 0) is 4.74 Å². The topological polar surface area (TPSA) is 73.4 Å². The zero-order valence-electron chi connectivity index (χ0n) is 10.6. The zero-order valence-corrected chi connectivity index (χ0v) is 10.6. The number of aromatic nitrogens is 2. The van der Waals surface area contributed by atoms with Crippen LogP contribution in [0.1, 0.15) is 0 Å². The second-order valence-electron chi connectivity index (χ2n) is 4.46. The van der Waals surface area contributed by atoms with Gasteiger partial charge in [-0.25, -0.2) is 14.2 Å². The number of nitrogens with zero attached hydrogens (tertiary/aromatic N) is 3. The summed E-state index contributed by atoms with van der Waals surface area (Å²) in [4.78, 5) is 16.9. The number of hydrogen-bond donors (Lipinski definition) is 1. The molecule has 1 saturated heterocycles. The van der Waals surface area contributed by atoms with Crippen molar-refractivity contribution in [2.75, 3.05) is 18.0 Å². The molecule has 2 aromatic rings. The first-order chi connectivity index (χ1) is 9.69. The predicted molar refractivity (Wildman–Crippen MR) is 70.2 cm³/mol. The molecular weight excluding hydrogens is 263 g/mol. The largest absolute Gasteiger partial charge is 0.443 e. The summed E-state index contributed by atoms with van der Waals surface area (Å²) < 4.78 is 20.7. The molecule has 0 saturated carbocycles. The smallest absolute Gasteiger partial charge is 0.414 e. The third-order valence-corrected chi connectivity index (χ3v) is 3.16. The molecule has 1 amide bonds. The Morgan fingerprint density at radius 1 is 1.50 bits per heavy atom. The van der Waals surface area contributed by atoms with Gasteiger partial charge in [0.25, 0.3) is 0 Å². The van der Waals surface area contributed by atoms with Crippen molar-refractivity contribution < 1.29 is 13.9 Å². The van der Waals surface area contributed by atoms with Gasteiger partial charge >= 0.3 is 6.09 Å². The first kappa shape index (κ1) is 12.6. The molecule has 1 atom stereocenters. The molecule has 2 N–H and O–H groups in total. The van der Waals surface area contributed by atoms with Gasteiger partial charge in [-0.2, -0.15) is 0 Å². The quantitative estimate of drug-likeness (QED) is 0.917. The Labute approximate surface area is 114 Å².